The third-order valence-corrected chi connectivity index (χ3v) is 4.40. The van der Waals surface area contributed by atoms with Gasteiger partial charge in [0.2, 0.25) is 0 Å². The molecule has 1 aliphatic rings. The highest BCUT2D eigenvalue weighted by molar-refractivity contribution is 6.60. The quantitative estimate of drug-likeness (QED) is 0.663. The lowest BCUT2D eigenvalue weighted by Crippen LogP contribution is -2.31. The first-order chi connectivity index (χ1) is 13.1. The van der Waals surface area contributed by atoms with Crippen LogP contribution in [0.3, 0.4) is 0 Å². The van der Waals surface area contributed by atoms with Crippen LogP contribution in [0.25, 0.3) is 5.57 Å². The molecule has 1 aliphatic heterocycles. The second kappa shape index (κ2) is 8.27. The van der Waals surface area contributed by atoms with Crippen LogP contribution in [0.5, 0.6) is 11.5 Å². The van der Waals surface area contributed by atoms with Crippen molar-refractivity contribution in [2.75, 3.05) is 18.1 Å². The zero-order valence-electron chi connectivity index (χ0n) is 15.2. The molecule has 6 heteroatoms. The van der Waals surface area contributed by atoms with Gasteiger partial charge in [0.1, 0.15) is 16.5 Å². The average Bonchev–Trinajstić information content (AvgIpc) is 2.90. The van der Waals surface area contributed by atoms with Crippen LogP contribution in [0.1, 0.15) is 25.8 Å². The number of halogens is 1. The Labute approximate surface area is 163 Å². The van der Waals surface area contributed by atoms with E-state index >= 15 is 0 Å². The van der Waals surface area contributed by atoms with Crippen LogP contribution in [-0.4, -0.2) is 25.0 Å². The molecule has 0 bridgehead atoms. The van der Waals surface area contributed by atoms with Crippen molar-refractivity contribution in [1.82, 2.24) is 0 Å². The number of benzene rings is 2. The first-order valence-electron chi connectivity index (χ1n) is 8.82. The van der Waals surface area contributed by atoms with Gasteiger partial charge in [-0.15, -0.1) is 0 Å². The van der Waals surface area contributed by atoms with E-state index in [9.17, 15) is 9.59 Å². The fourth-order valence-corrected chi connectivity index (χ4v) is 3.10. The molecule has 0 aromatic heterocycles. The third kappa shape index (κ3) is 3.69. The summed E-state index contributed by atoms with van der Waals surface area (Å²) in [6, 6.07) is 13.9. The highest BCUT2D eigenvalue weighted by Gasteiger charge is 2.40. The SMILES string of the molecule is CCCOc1ccc(C2=C(Cl)C(=O)N(c3ccccc3OCC)C2=O)cc1. The predicted octanol–water partition coefficient (Wildman–Crippen LogP) is 4.40. The topological polar surface area (TPSA) is 55.8 Å². The summed E-state index contributed by atoms with van der Waals surface area (Å²) in [4.78, 5) is 26.8. The van der Waals surface area contributed by atoms with Gasteiger partial charge in [-0.2, -0.15) is 0 Å². The van der Waals surface area contributed by atoms with Crippen LogP contribution in [0.4, 0.5) is 5.69 Å². The molecule has 0 radical (unpaired) electrons. The fourth-order valence-electron chi connectivity index (χ4n) is 2.83. The molecule has 0 fully saturated rings. The summed E-state index contributed by atoms with van der Waals surface area (Å²) in [6.45, 7) is 4.89. The number of carbonyl (C=O) groups is 2. The molecule has 2 amide bonds. The zero-order chi connectivity index (χ0) is 19.4. The Morgan fingerprint density at radius 3 is 2.30 bits per heavy atom. The summed E-state index contributed by atoms with van der Waals surface area (Å²) in [7, 11) is 0. The van der Waals surface area contributed by atoms with Crippen LogP contribution in [0.15, 0.2) is 53.6 Å². The Hall–Kier alpha value is -2.79. The van der Waals surface area contributed by atoms with E-state index in [0.29, 0.717) is 36.0 Å². The molecule has 5 nitrogen and oxygen atoms in total. The Bertz CT molecular complexity index is 889. The van der Waals surface area contributed by atoms with Gasteiger partial charge in [0.15, 0.2) is 0 Å². The number of hydrogen-bond acceptors (Lipinski definition) is 4. The van der Waals surface area contributed by atoms with E-state index in [0.717, 1.165) is 11.3 Å². The lowest BCUT2D eigenvalue weighted by atomic mass is 10.1. The van der Waals surface area contributed by atoms with Crippen LogP contribution in [0, 0.1) is 0 Å². The molecule has 0 saturated heterocycles. The Balaban J connectivity index is 1.93. The van der Waals surface area contributed by atoms with Gasteiger partial charge >= 0.3 is 0 Å². The Kier molecular flexibility index (Phi) is 5.81. The van der Waals surface area contributed by atoms with Crippen LogP contribution >= 0.6 is 11.6 Å². The van der Waals surface area contributed by atoms with Crippen molar-refractivity contribution in [2.24, 2.45) is 0 Å². The van der Waals surface area contributed by atoms with Crippen molar-refractivity contribution in [3.8, 4) is 11.5 Å². The summed E-state index contributed by atoms with van der Waals surface area (Å²) in [5.41, 5.74) is 1.12. The molecule has 27 heavy (non-hydrogen) atoms. The molecular weight excluding hydrogens is 366 g/mol. The maximum Gasteiger partial charge on any atom is 0.277 e. The lowest BCUT2D eigenvalue weighted by Gasteiger charge is -2.18. The van der Waals surface area contributed by atoms with Crippen LogP contribution in [-0.2, 0) is 9.59 Å². The van der Waals surface area contributed by atoms with Gasteiger partial charge in [-0.25, -0.2) is 4.90 Å². The van der Waals surface area contributed by atoms with Crippen LogP contribution < -0.4 is 14.4 Å². The fraction of sp³-hybridized carbons (Fsp3) is 0.238. The van der Waals surface area contributed by atoms with Crippen LogP contribution in [0.2, 0.25) is 0 Å². The number of nitrogens with zero attached hydrogens (tertiary/aromatic N) is 1. The van der Waals surface area contributed by atoms with E-state index in [4.69, 9.17) is 21.1 Å². The maximum atomic E-state index is 13.0. The van der Waals surface area contributed by atoms with Crippen molar-refractivity contribution >= 4 is 34.7 Å². The molecule has 2 aromatic carbocycles. The molecule has 140 valence electrons. The molecular formula is C21H20ClNO4. The van der Waals surface area contributed by atoms with E-state index in [-0.39, 0.29) is 10.6 Å². The van der Waals surface area contributed by atoms with Crippen molar-refractivity contribution in [2.45, 2.75) is 20.3 Å². The lowest BCUT2D eigenvalue weighted by molar-refractivity contribution is -0.119. The minimum absolute atomic E-state index is 0.103. The minimum atomic E-state index is -0.560. The van der Waals surface area contributed by atoms with E-state index in [1.165, 1.54) is 0 Å². The minimum Gasteiger partial charge on any atom is -0.494 e. The molecule has 3 rings (SSSR count). The van der Waals surface area contributed by atoms with Crippen molar-refractivity contribution < 1.29 is 19.1 Å². The van der Waals surface area contributed by atoms with Gasteiger partial charge in [-0.3, -0.25) is 9.59 Å². The Morgan fingerprint density at radius 2 is 1.63 bits per heavy atom. The summed E-state index contributed by atoms with van der Waals surface area (Å²) in [5.74, 6) is 0.123. The number of imide groups is 1. The van der Waals surface area contributed by atoms with E-state index in [2.05, 4.69) is 0 Å². The van der Waals surface area contributed by atoms with E-state index in [1.807, 2.05) is 13.8 Å². The van der Waals surface area contributed by atoms with Gasteiger partial charge in [0.25, 0.3) is 11.8 Å². The first-order valence-corrected chi connectivity index (χ1v) is 9.19. The van der Waals surface area contributed by atoms with Gasteiger partial charge in [-0.1, -0.05) is 42.8 Å². The predicted molar refractivity (Wildman–Crippen MR) is 105 cm³/mol. The summed E-state index contributed by atoms with van der Waals surface area (Å²) in [5, 5.41) is -0.103. The van der Waals surface area contributed by atoms with E-state index < -0.39 is 11.8 Å². The number of amides is 2. The largest absolute Gasteiger partial charge is 0.494 e. The highest BCUT2D eigenvalue weighted by Crippen LogP contribution is 2.38. The number of carbonyl (C=O) groups excluding carboxylic acids is 2. The van der Waals surface area contributed by atoms with Crippen molar-refractivity contribution in [3.05, 3.63) is 59.1 Å². The maximum absolute atomic E-state index is 13.0. The van der Waals surface area contributed by atoms with Gasteiger partial charge in [0.05, 0.1) is 24.5 Å². The smallest absolute Gasteiger partial charge is 0.277 e. The molecule has 0 aliphatic carbocycles. The zero-order valence-corrected chi connectivity index (χ0v) is 16.0. The Morgan fingerprint density at radius 1 is 0.926 bits per heavy atom. The molecule has 0 atom stereocenters. The molecule has 0 spiro atoms. The molecule has 0 saturated carbocycles. The van der Waals surface area contributed by atoms with Gasteiger partial charge < -0.3 is 9.47 Å². The van der Waals surface area contributed by atoms with Gasteiger partial charge in [0, 0.05) is 0 Å². The molecule has 0 N–H and O–H groups in total. The summed E-state index contributed by atoms with van der Waals surface area (Å²) in [6.07, 6.45) is 0.903. The number of para-hydroxylation sites is 2. The molecule has 2 aromatic rings. The number of ether oxygens (including phenoxy) is 2. The second-order valence-corrected chi connectivity index (χ2v) is 6.29. The average molecular weight is 386 g/mol. The number of hydrogen-bond donors (Lipinski definition) is 0. The van der Waals surface area contributed by atoms with Crippen molar-refractivity contribution in [3.63, 3.8) is 0 Å². The molecule has 1 heterocycles. The normalized spacial score (nSPS) is 14.1. The summed E-state index contributed by atoms with van der Waals surface area (Å²) >= 11 is 6.25. The second-order valence-electron chi connectivity index (χ2n) is 5.91. The number of rotatable bonds is 7. The van der Waals surface area contributed by atoms with Gasteiger partial charge in [-0.05, 0) is 43.2 Å². The number of anilines is 1. The standard InChI is InChI=1S/C21H20ClNO4/c1-3-13-27-15-11-9-14(10-12-15)18-19(22)21(25)23(20(18)24)16-7-5-6-8-17(16)26-4-2/h5-12H,3-4,13H2,1-2H3. The van der Waals surface area contributed by atoms with Crippen molar-refractivity contribution in [1.29, 1.82) is 0 Å². The first kappa shape index (κ1) is 19.0. The summed E-state index contributed by atoms with van der Waals surface area (Å²) < 4.78 is 11.1. The van der Waals surface area contributed by atoms with E-state index in [1.54, 1.807) is 48.5 Å². The third-order valence-electron chi connectivity index (χ3n) is 4.05. The molecule has 0 unspecified atom stereocenters. The monoisotopic (exact) mass is 385 g/mol. The highest BCUT2D eigenvalue weighted by atomic mass is 35.5.